The van der Waals surface area contributed by atoms with Crippen molar-refractivity contribution in [2.24, 2.45) is 5.92 Å². The van der Waals surface area contributed by atoms with E-state index in [0.29, 0.717) is 36.5 Å². The third kappa shape index (κ3) is 6.00. The number of methoxy groups -OCH3 is 1. The number of fused-ring (bicyclic) bond motifs is 3. The average molecular weight is 564 g/mol. The van der Waals surface area contributed by atoms with E-state index in [1.165, 1.54) is 18.4 Å². The molecule has 1 unspecified atom stereocenters. The highest BCUT2D eigenvalue weighted by atomic mass is 16.5. The van der Waals surface area contributed by atoms with Gasteiger partial charge in [-0.05, 0) is 56.6 Å². The van der Waals surface area contributed by atoms with Crippen LogP contribution in [0.1, 0.15) is 70.4 Å². The Morgan fingerprint density at radius 1 is 0.929 bits per heavy atom. The summed E-state index contributed by atoms with van der Waals surface area (Å²) in [4.78, 5) is 28.9. The summed E-state index contributed by atoms with van der Waals surface area (Å²) >= 11 is 0. The molecular weight excluding hydrogens is 522 g/mol. The Hall–Kier alpha value is -3.90. The van der Waals surface area contributed by atoms with Crippen molar-refractivity contribution in [2.45, 2.75) is 70.6 Å². The van der Waals surface area contributed by atoms with Crippen LogP contribution in [0.15, 0.2) is 79.0 Å². The second-order valence-corrected chi connectivity index (χ2v) is 12.1. The number of carbonyl (C=O) groups is 2. The van der Waals surface area contributed by atoms with E-state index in [1.54, 1.807) is 7.11 Å². The maximum absolute atomic E-state index is 13.3. The van der Waals surface area contributed by atoms with Crippen molar-refractivity contribution >= 4 is 22.6 Å². The molecule has 2 aliphatic rings. The zero-order valence-electron chi connectivity index (χ0n) is 24.7. The van der Waals surface area contributed by atoms with Crippen molar-refractivity contribution < 1.29 is 14.3 Å². The minimum absolute atomic E-state index is 0.0707. The second kappa shape index (κ2) is 12.5. The molecule has 4 aromatic rings. The lowest BCUT2D eigenvalue weighted by Crippen LogP contribution is -2.43. The van der Waals surface area contributed by atoms with Crippen molar-refractivity contribution in [1.82, 2.24) is 14.8 Å². The number of nitrogens with one attached hydrogen (secondary N) is 1. The Kier molecular flexibility index (Phi) is 8.43. The van der Waals surface area contributed by atoms with Crippen LogP contribution in [0, 0.1) is 12.8 Å². The van der Waals surface area contributed by atoms with Crippen LogP contribution in [0.3, 0.4) is 0 Å². The molecule has 0 spiro atoms. The number of nitrogens with zero attached hydrogens (tertiary/aromatic N) is 2. The molecule has 2 saturated heterocycles. The van der Waals surface area contributed by atoms with Crippen molar-refractivity contribution in [3.05, 3.63) is 101 Å². The van der Waals surface area contributed by atoms with Gasteiger partial charge in [-0.25, -0.2) is 0 Å². The molecule has 6 rings (SSSR count). The number of ketones is 1. The highest BCUT2D eigenvalue weighted by molar-refractivity contribution is 6.08. The average Bonchev–Trinajstić information content (AvgIpc) is 3.49. The molecule has 42 heavy (non-hydrogen) atoms. The zero-order chi connectivity index (χ0) is 29.1. The molecule has 2 bridgehead atoms. The number of piperidine rings is 1. The van der Waals surface area contributed by atoms with Crippen LogP contribution in [0.2, 0.25) is 0 Å². The van der Waals surface area contributed by atoms with E-state index >= 15 is 0 Å². The number of amides is 1. The minimum Gasteiger partial charge on any atom is -0.495 e. The van der Waals surface area contributed by atoms with Gasteiger partial charge in [-0.2, -0.15) is 0 Å². The summed E-state index contributed by atoms with van der Waals surface area (Å²) in [6.45, 7) is 4.39. The number of hydrogen-bond donors (Lipinski definition) is 1. The number of aromatic nitrogens is 1. The molecule has 6 nitrogen and oxygen atoms in total. The molecule has 218 valence electrons. The fourth-order valence-corrected chi connectivity index (χ4v) is 7.29. The normalized spacial score (nSPS) is 20.1. The standard InChI is InChI=1S/C36H41N3O3/c1-25-9-6-10-26(19-25)23-37-36(41)32-24-38(35-31(32)13-7-14-34(35)42-2)17-8-18-39-29-15-16-30(39)21-27(20-29)22-33(40)28-11-4-3-5-12-28/h3-7,9-14,19,24,27,29-30H,8,15-18,20-23H2,1-2H3,(H,37,41)/t27?,29-,30+. The van der Waals surface area contributed by atoms with E-state index in [2.05, 4.69) is 33.8 Å². The number of Topliss-reactive ketones (excluding diaryl/α,β-unsaturated/α-hetero) is 1. The van der Waals surface area contributed by atoms with Crippen molar-refractivity contribution in [3.8, 4) is 5.75 Å². The third-order valence-corrected chi connectivity index (χ3v) is 9.23. The van der Waals surface area contributed by atoms with Crippen LogP contribution in [-0.4, -0.2) is 46.9 Å². The van der Waals surface area contributed by atoms with E-state index in [9.17, 15) is 9.59 Å². The van der Waals surface area contributed by atoms with Gasteiger partial charge in [0.25, 0.3) is 5.91 Å². The van der Waals surface area contributed by atoms with Gasteiger partial charge in [0.15, 0.2) is 5.78 Å². The number of benzene rings is 3. The number of hydrogen-bond acceptors (Lipinski definition) is 4. The van der Waals surface area contributed by atoms with Gasteiger partial charge in [-0.1, -0.05) is 72.3 Å². The van der Waals surface area contributed by atoms with Crippen LogP contribution in [0.25, 0.3) is 10.9 Å². The number of rotatable bonds is 11. The Morgan fingerprint density at radius 3 is 2.43 bits per heavy atom. The molecule has 0 radical (unpaired) electrons. The van der Waals surface area contributed by atoms with Gasteiger partial charge in [0.1, 0.15) is 5.75 Å². The molecule has 1 aromatic heterocycles. The SMILES string of the molecule is COc1cccc2c(C(=O)NCc3cccc(C)c3)cn(CCCN3[C@@H]4CC[C@H]3CC(CC(=O)c3ccccc3)C4)c12. The van der Waals surface area contributed by atoms with E-state index in [-0.39, 0.29) is 11.7 Å². The van der Waals surface area contributed by atoms with Gasteiger partial charge >= 0.3 is 0 Å². The summed E-state index contributed by atoms with van der Waals surface area (Å²) < 4.78 is 7.93. The molecule has 2 fully saturated rings. The van der Waals surface area contributed by atoms with E-state index in [0.717, 1.165) is 60.1 Å². The van der Waals surface area contributed by atoms with E-state index in [4.69, 9.17) is 4.74 Å². The lowest BCUT2D eigenvalue weighted by Gasteiger charge is -2.39. The van der Waals surface area contributed by atoms with Gasteiger partial charge in [0.2, 0.25) is 0 Å². The lowest BCUT2D eigenvalue weighted by atomic mass is 9.85. The fraction of sp³-hybridized carbons (Fsp3) is 0.389. The summed E-state index contributed by atoms with van der Waals surface area (Å²) in [6.07, 6.45) is 8.33. The zero-order valence-corrected chi connectivity index (χ0v) is 24.7. The predicted molar refractivity (Wildman–Crippen MR) is 167 cm³/mol. The van der Waals surface area contributed by atoms with Crippen molar-refractivity contribution in [3.63, 3.8) is 0 Å². The molecule has 0 saturated carbocycles. The number of carbonyl (C=O) groups excluding carboxylic acids is 2. The molecule has 0 aliphatic carbocycles. The van der Waals surface area contributed by atoms with Gasteiger partial charge in [-0.3, -0.25) is 14.5 Å². The first kappa shape index (κ1) is 28.2. The predicted octanol–water partition coefficient (Wildman–Crippen LogP) is 6.79. The van der Waals surface area contributed by atoms with Crippen molar-refractivity contribution in [1.29, 1.82) is 0 Å². The Labute approximate surface area is 248 Å². The van der Waals surface area contributed by atoms with Gasteiger partial charge in [-0.15, -0.1) is 0 Å². The van der Waals surface area contributed by atoms with Crippen LogP contribution >= 0.6 is 0 Å². The molecule has 3 aromatic carbocycles. The summed E-state index contributed by atoms with van der Waals surface area (Å²) in [5.41, 5.74) is 4.76. The molecule has 3 heterocycles. The quantitative estimate of drug-likeness (QED) is 0.204. The highest BCUT2D eigenvalue weighted by Gasteiger charge is 2.40. The second-order valence-electron chi connectivity index (χ2n) is 12.1. The van der Waals surface area contributed by atoms with Crippen LogP contribution in [0.5, 0.6) is 5.75 Å². The fourth-order valence-electron chi connectivity index (χ4n) is 7.29. The topological polar surface area (TPSA) is 63.6 Å². The highest BCUT2D eigenvalue weighted by Crippen LogP contribution is 2.40. The first-order chi connectivity index (χ1) is 20.5. The molecule has 2 aliphatic heterocycles. The summed E-state index contributed by atoms with van der Waals surface area (Å²) in [6, 6.07) is 25.0. The minimum atomic E-state index is -0.0707. The summed E-state index contributed by atoms with van der Waals surface area (Å²) in [7, 11) is 1.69. The number of para-hydroxylation sites is 1. The molecule has 1 amide bonds. The molecule has 6 heteroatoms. The Balaban J connectivity index is 1.10. The lowest BCUT2D eigenvalue weighted by molar-refractivity contribution is 0.0807. The first-order valence-corrected chi connectivity index (χ1v) is 15.3. The maximum atomic E-state index is 13.3. The first-order valence-electron chi connectivity index (χ1n) is 15.3. The summed E-state index contributed by atoms with van der Waals surface area (Å²) in [5, 5.41) is 4.03. The number of ether oxygens (including phenoxy) is 1. The maximum Gasteiger partial charge on any atom is 0.253 e. The Bertz CT molecular complexity index is 1550. The van der Waals surface area contributed by atoms with Crippen LogP contribution < -0.4 is 10.1 Å². The van der Waals surface area contributed by atoms with E-state index in [1.807, 2.05) is 66.9 Å². The molecule has 1 N–H and O–H groups in total. The largest absolute Gasteiger partial charge is 0.495 e. The monoisotopic (exact) mass is 563 g/mol. The van der Waals surface area contributed by atoms with E-state index < -0.39 is 0 Å². The summed E-state index contributed by atoms with van der Waals surface area (Å²) in [5.74, 6) is 1.47. The van der Waals surface area contributed by atoms with Crippen molar-refractivity contribution in [2.75, 3.05) is 13.7 Å². The van der Waals surface area contributed by atoms with Crippen LogP contribution in [0.4, 0.5) is 0 Å². The molecular formula is C36H41N3O3. The number of aryl methyl sites for hydroxylation is 2. The Morgan fingerprint density at radius 2 is 1.69 bits per heavy atom. The van der Waals surface area contributed by atoms with Gasteiger partial charge < -0.3 is 14.6 Å². The van der Waals surface area contributed by atoms with Gasteiger partial charge in [0.05, 0.1) is 18.2 Å². The molecule has 3 atom stereocenters. The smallest absolute Gasteiger partial charge is 0.253 e. The van der Waals surface area contributed by atoms with Crippen LogP contribution in [-0.2, 0) is 13.1 Å². The third-order valence-electron chi connectivity index (χ3n) is 9.23. The van der Waals surface area contributed by atoms with Gasteiger partial charge in [0, 0.05) is 55.3 Å².